The van der Waals surface area contributed by atoms with Gasteiger partial charge in [-0.3, -0.25) is 20.0 Å². The van der Waals surface area contributed by atoms with E-state index in [1.165, 1.54) is 18.3 Å². The van der Waals surface area contributed by atoms with Gasteiger partial charge in [0, 0.05) is 23.4 Å². The fraction of sp³-hybridized carbons (Fsp3) is 0.0625. The molecular weight excluding hydrogens is 326 g/mol. The van der Waals surface area contributed by atoms with Gasteiger partial charge >= 0.3 is 0 Å². The zero-order valence-corrected chi connectivity index (χ0v) is 13.1. The summed E-state index contributed by atoms with van der Waals surface area (Å²) < 4.78 is 5.57. The van der Waals surface area contributed by atoms with Crippen molar-refractivity contribution in [2.24, 2.45) is 5.10 Å². The summed E-state index contributed by atoms with van der Waals surface area (Å²) in [6, 6.07) is 11.0. The van der Waals surface area contributed by atoms with E-state index in [1.54, 1.807) is 37.3 Å². The number of aryl methyl sites for hydroxylation is 1. The molecule has 9 heteroatoms. The number of aromatic nitrogens is 2. The minimum atomic E-state index is -0.465. The molecule has 2 heterocycles. The van der Waals surface area contributed by atoms with E-state index >= 15 is 0 Å². The highest BCUT2D eigenvalue weighted by Crippen LogP contribution is 2.23. The fourth-order valence-corrected chi connectivity index (χ4v) is 2.07. The smallest absolute Gasteiger partial charge is 0.291 e. The van der Waals surface area contributed by atoms with Gasteiger partial charge in [-0.1, -0.05) is 0 Å². The highest BCUT2D eigenvalue weighted by Gasteiger charge is 2.09. The molecule has 0 aliphatic carbocycles. The molecule has 0 fully saturated rings. The van der Waals surface area contributed by atoms with Gasteiger partial charge in [0.2, 0.25) is 0 Å². The summed E-state index contributed by atoms with van der Waals surface area (Å²) in [6.45, 7) is 1.79. The molecule has 2 N–H and O–H groups in total. The Hall–Kier alpha value is -3.75. The second-order valence-electron chi connectivity index (χ2n) is 5.14. The Labute approximate surface area is 141 Å². The molecule has 0 radical (unpaired) electrons. The van der Waals surface area contributed by atoms with E-state index < -0.39 is 10.8 Å². The number of non-ortho nitro benzene ring substituents is 1. The first kappa shape index (κ1) is 16.1. The van der Waals surface area contributed by atoms with Crippen molar-refractivity contribution >= 4 is 17.8 Å². The van der Waals surface area contributed by atoms with Gasteiger partial charge in [-0.15, -0.1) is 0 Å². The quantitative estimate of drug-likeness (QED) is 0.420. The highest BCUT2D eigenvalue weighted by atomic mass is 16.6. The van der Waals surface area contributed by atoms with Gasteiger partial charge in [0.15, 0.2) is 5.69 Å². The van der Waals surface area contributed by atoms with E-state index in [2.05, 4.69) is 20.7 Å². The van der Waals surface area contributed by atoms with Gasteiger partial charge in [0.05, 0.1) is 11.1 Å². The minimum Gasteiger partial charge on any atom is -0.455 e. The average Bonchev–Trinajstić information content (AvgIpc) is 3.24. The zero-order chi connectivity index (χ0) is 17.8. The third-order valence-electron chi connectivity index (χ3n) is 3.29. The van der Waals surface area contributed by atoms with Crippen LogP contribution >= 0.6 is 0 Å². The van der Waals surface area contributed by atoms with Crippen molar-refractivity contribution in [3.8, 4) is 11.3 Å². The van der Waals surface area contributed by atoms with Gasteiger partial charge in [-0.2, -0.15) is 10.2 Å². The fourth-order valence-electron chi connectivity index (χ4n) is 2.07. The van der Waals surface area contributed by atoms with Gasteiger partial charge in [0.1, 0.15) is 11.5 Å². The van der Waals surface area contributed by atoms with Crippen molar-refractivity contribution in [1.82, 2.24) is 15.6 Å². The number of rotatable bonds is 5. The minimum absolute atomic E-state index is 0.00778. The van der Waals surface area contributed by atoms with Crippen LogP contribution in [0.15, 0.2) is 52.0 Å². The molecule has 1 aromatic carbocycles. The summed E-state index contributed by atoms with van der Waals surface area (Å²) in [4.78, 5) is 22.0. The number of hydrogen-bond donors (Lipinski definition) is 2. The average molecular weight is 339 g/mol. The zero-order valence-electron chi connectivity index (χ0n) is 13.1. The van der Waals surface area contributed by atoms with Crippen LogP contribution in [-0.2, 0) is 0 Å². The van der Waals surface area contributed by atoms with Gasteiger partial charge in [-0.05, 0) is 37.3 Å². The standard InChI is InChI=1S/C16H13N5O4/c1-10-8-14(19-18-10)16(22)20-17-9-13-6-7-15(25-13)11-2-4-12(5-3-11)21(23)24/h2-9H,1H3,(H,18,19)(H,20,22)/b17-9+. The monoisotopic (exact) mass is 339 g/mol. The molecule has 0 spiro atoms. The molecule has 0 aliphatic rings. The van der Waals surface area contributed by atoms with E-state index in [4.69, 9.17) is 4.42 Å². The van der Waals surface area contributed by atoms with Crippen LogP contribution in [0.1, 0.15) is 21.9 Å². The number of amides is 1. The van der Waals surface area contributed by atoms with Crippen molar-refractivity contribution in [3.63, 3.8) is 0 Å². The van der Waals surface area contributed by atoms with E-state index in [0.717, 1.165) is 5.69 Å². The Morgan fingerprint density at radius 1 is 1.32 bits per heavy atom. The first-order valence-electron chi connectivity index (χ1n) is 7.23. The summed E-state index contributed by atoms with van der Waals surface area (Å²) >= 11 is 0. The van der Waals surface area contributed by atoms with Gasteiger partial charge in [-0.25, -0.2) is 5.43 Å². The summed E-state index contributed by atoms with van der Waals surface area (Å²) in [5.74, 6) is 0.514. The largest absolute Gasteiger partial charge is 0.455 e. The highest BCUT2D eigenvalue weighted by molar-refractivity contribution is 5.93. The van der Waals surface area contributed by atoms with E-state index in [1.807, 2.05) is 0 Å². The van der Waals surface area contributed by atoms with E-state index in [-0.39, 0.29) is 11.4 Å². The molecule has 126 valence electrons. The number of furan rings is 1. The normalized spacial score (nSPS) is 10.9. The topological polar surface area (TPSA) is 126 Å². The maximum atomic E-state index is 11.8. The van der Waals surface area contributed by atoms with Crippen LogP contribution in [0.2, 0.25) is 0 Å². The summed E-state index contributed by atoms with van der Waals surface area (Å²) in [7, 11) is 0. The van der Waals surface area contributed by atoms with Crippen molar-refractivity contribution in [2.45, 2.75) is 6.92 Å². The van der Waals surface area contributed by atoms with Crippen LogP contribution < -0.4 is 5.43 Å². The van der Waals surface area contributed by atoms with Crippen LogP contribution in [0.3, 0.4) is 0 Å². The molecule has 3 aromatic rings. The number of nitro benzene ring substituents is 1. The lowest BCUT2D eigenvalue weighted by Crippen LogP contribution is -2.17. The number of aromatic amines is 1. The summed E-state index contributed by atoms with van der Waals surface area (Å²) in [6.07, 6.45) is 1.35. The maximum Gasteiger partial charge on any atom is 0.291 e. The first-order chi connectivity index (χ1) is 12.0. The molecule has 0 aliphatic heterocycles. The molecule has 25 heavy (non-hydrogen) atoms. The molecule has 3 rings (SSSR count). The maximum absolute atomic E-state index is 11.8. The SMILES string of the molecule is Cc1cc(C(=O)N/N=C/c2ccc(-c3ccc([N+](=O)[O-])cc3)o2)n[nH]1. The molecule has 2 aromatic heterocycles. The van der Waals surface area contributed by atoms with Crippen LogP contribution in [0.4, 0.5) is 5.69 Å². The third kappa shape index (κ3) is 3.78. The number of hydrogen-bond acceptors (Lipinski definition) is 6. The number of nitro groups is 1. The molecule has 1 amide bonds. The second kappa shape index (κ2) is 6.79. The number of H-pyrrole nitrogens is 1. The summed E-state index contributed by atoms with van der Waals surface area (Å²) in [5, 5.41) is 21.0. The number of hydrazone groups is 1. The molecule has 0 bridgehead atoms. The molecule has 0 unspecified atom stereocenters. The predicted octanol–water partition coefficient (Wildman–Crippen LogP) is 2.65. The number of nitrogens with one attached hydrogen (secondary N) is 2. The lowest BCUT2D eigenvalue weighted by atomic mass is 10.1. The number of carbonyl (C=O) groups excluding carboxylic acids is 1. The van der Waals surface area contributed by atoms with Crippen molar-refractivity contribution in [1.29, 1.82) is 0 Å². The van der Waals surface area contributed by atoms with Crippen LogP contribution in [0.25, 0.3) is 11.3 Å². The first-order valence-corrected chi connectivity index (χ1v) is 7.23. The van der Waals surface area contributed by atoms with Crippen LogP contribution in [-0.4, -0.2) is 27.2 Å². The van der Waals surface area contributed by atoms with E-state index in [0.29, 0.717) is 17.1 Å². The van der Waals surface area contributed by atoms with Gasteiger partial charge in [0.25, 0.3) is 11.6 Å². The Bertz CT molecular complexity index is 940. The van der Waals surface area contributed by atoms with Crippen molar-refractivity contribution < 1.29 is 14.1 Å². The third-order valence-corrected chi connectivity index (χ3v) is 3.29. The Kier molecular flexibility index (Phi) is 4.38. The molecular formula is C16H13N5O4. The van der Waals surface area contributed by atoms with E-state index in [9.17, 15) is 14.9 Å². The Balaban J connectivity index is 1.65. The van der Waals surface area contributed by atoms with Gasteiger partial charge < -0.3 is 4.42 Å². The summed E-state index contributed by atoms with van der Waals surface area (Å²) in [5.41, 5.74) is 4.05. The molecule has 9 nitrogen and oxygen atoms in total. The number of carbonyl (C=O) groups is 1. The van der Waals surface area contributed by atoms with Crippen LogP contribution in [0, 0.1) is 17.0 Å². The second-order valence-corrected chi connectivity index (χ2v) is 5.14. The lowest BCUT2D eigenvalue weighted by molar-refractivity contribution is -0.384. The number of benzene rings is 1. The van der Waals surface area contributed by atoms with Crippen LogP contribution in [0.5, 0.6) is 0 Å². The molecule has 0 saturated carbocycles. The molecule has 0 saturated heterocycles. The Morgan fingerprint density at radius 2 is 2.08 bits per heavy atom. The molecule has 0 atom stereocenters. The lowest BCUT2D eigenvalue weighted by Gasteiger charge is -1.96. The number of nitrogens with zero attached hydrogens (tertiary/aromatic N) is 3. The predicted molar refractivity (Wildman–Crippen MR) is 89.2 cm³/mol. The van der Waals surface area contributed by atoms with Crippen molar-refractivity contribution in [3.05, 3.63) is 69.7 Å². The Morgan fingerprint density at radius 3 is 2.72 bits per heavy atom. The van der Waals surface area contributed by atoms with Crippen molar-refractivity contribution in [2.75, 3.05) is 0 Å².